The van der Waals surface area contributed by atoms with Crippen molar-refractivity contribution in [3.05, 3.63) is 29.8 Å². The molecular weight excluding hydrogens is 248 g/mol. The monoisotopic (exact) mass is 276 g/mol. The Morgan fingerprint density at radius 1 is 1.10 bits per heavy atom. The van der Waals surface area contributed by atoms with E-state index in [1.165, 1.54) is 11.3 Å². The number of nitrogens with zero attached hydrogens (tertiary/aromatic N) is 1. The quantitative estimate of drug-likeness (QED) is 0.918. The zero-order valence-corrected chi connectivity index (χ0v) is 13.4. The Kier molecular flexibility index (Phi) is 4.12. The Morgan fingerprint density at radius 2 is 1.60 bits per heavy atom. The molecule has 0 aliphatic carbocycles. The highest BCUT2D eigenvalue weighted by Crippen LogP contribution is 2.31. The second-order valence-corrected chi connectivity index (χ2v) is 7.08. The van der Waals surface area contributed by atoms with Gasteiger partial charge in [0, 0.05) is 24.8 Å². The molecule has 1 aliphatic rings. The van der Waals surface area contributed by atoms with Crippen LogP contribution < -0.4 is 10.6 Å². The molecule has 112 valence electrons. The van der Waals surface area contributed by atoms with Gasteiger partial charge in [-0.15, -0.1) is 0 Å². The Morgan fingerprint density at radius 3 is 2.05 bits per heavy atom. The lowest BCUT2D eigenvalue weighted by Crippen LogP contribution is -2.57. The molecule has 3 heteroatoms. The first kappa shape index (κ1) is 15.3. The zero-order valence-electron chi connectivity index (χ0n) is 13.4. The SMILES string of the molecule is CC[C@@H](N)c1ccc(N2CC(C)(C)OC(C)(C)C2)cc1. The number of ether oxygens (including phenoxy) is 1. The van der Waals surface area contributed by atoms with Crippen LogP contribution in [0.4, 0.5) is 5.69 Å². The number of nitrogens with two attached hydrogens (primary N) is 1. The van der Waals surface area contributed by atoms with Crippen LogP contribution in [-0.4, -0.2) is 24.3 Å². The highest BCUT2D eigenvalue weighted by molar-refractivity contribution is 5.49. The van der Waals surface area contributed by atoms with Crippen LogP contribution in [0.5, 0.6) is 0 Å². The average molecular weight is 276 g/mol. The molecule has 1 saturated heterocycles. The molecule has 0 spiro atoms. The van der Waals surface area contributed by atoms with Crippen molar-refractivity contribution in [3.8, 4) is 0 Å². The fourth-order valence-corrected chi connectivity index (χ4v) is 3.14. The van der Waals surface area contributed by atoms with Crippen LogP contribution in [0.25, 0.3) is 0 Å². The molecule has 2 rings (SSSR count). The van der Waals surface area contributed by atoms with Gasteiger partial charge in [-0.3, -0.25) is 0 Å². The molecule has 0 amide bonds. The summed E-state index contributed by atoms with van der Waals surface area (Å²) in [7, 11) is 0. The van der Waals surface area contributed by atoms with Crippen LogP contribution >= 0.6 is 0 Å². The summed E-state index contributed by atoms with van der Waals surface area (Å²) in [6, 6.07) is 8.81. The third-order valence-corrected chi connectivity index (χ3v) is 3.82. The van der Waals surface area contributed by atoms with Gasteiger partial charge in [-0.05, 0) is 51.8 Å². The van der Waals surface area contributed by atoms with E-state index in [1.54, 1.807) is 0 Å². The predicted octanol–water partition coefficient (Wildman–Crippen LogP) is 3.49. The van der Waals surface area contributed by atoms with E-state index in [1.807, 2.05) is 0 Å². The second kappa shape index (κ2) is 5.38. The number of anilines is 1. The van der Waals surface area contributed by atoms with E-state index >= 15 is 0 Å². The molecular formula is C17H28N2O. The van der Waals surface area contributed by atoms with Crippen LogP contribution in [0.2, 0.25) is 0 Å². The molecule has 1 aliphatic heterocycles. The van der Waals surface area contributed by atoms with Crippen molar-refractivity contribution in [2.45, 2.75) is 58.3 Å². The topological polar surface area (TPSA) is 38.5 Å². The summed E-state index contributed by atoms with van der Waals surface area (Å²) in [5, 5.41) is 0. The van der Waals surface area contributed by atoms with Gasteiger partial charge in [-0.1, -0.05) is 19.1 Å². The molecule has 0 radical (unpaired) electrons. The molecule has 3 nitrogen and oxygen atoms in total. The zero-order chi connectivity index (χ0) is 15.0. The van der Waals surface area contributed by atoms with Gasteiger partial charge in [0.1, 0.15) is 0 Å². The van der Waals surface area contributed by atoms with E-state index in [2.05, 4.69) is 63.8 Å². The normalized spacial score (nSPS) is 22.6. The Hall–Kier alpha value is -1.06. The average Bonchev–Trinajstić information content (AvgIpc) is 2.34. The summed E-state index contributed by atoms with van der Waals surface area (Å²) >= 11 is 0. The van der Waals surface area contributed by atoms with Gasteiger partial charge in [0.15, 0.2) is 0 Å². The standard InChI is InChI=1S/C17H28N2O/c1-6-15(18)13-7-9-14(10-8-13)19-11-16(2,3)20-17(4,5)12-19/h7-10,15H,6,11-12,18H2,1-5H3/t15-/m1/s1. The predicted molar refractivity (Wildman–Crippen MR) is 85.1 cm³/mol. The Balaban J connectivity index is 2.18. The first-order valence-electron chi connectivity index (χ1n) is 7.53. The third kappa shape index (κ3) is 3.53. The van der Waals surface area contributed by atoms with Gasteiger partial charge in [-0.2, -0.15) is 0 Å². The minimum Gasteiger partial charge on any atom is -0.366 e. The van der Waals surface area contributed by atoms with E-state index in [-0.39, 0.29) is 17.2 Å². The second-order valence-electron chi connectivity index (χ2n) is 7.08. The molecule has 1 heterocycles. The van der Waals surface area contributed by atoms with Gasteiger partial charge in [0.2, 0.25) is 0 Å². The van der Waals surface area contributed by atoms with Crippen molar-refractivity contribution < 1.29 is 4.74 Å². The number of benzene rings is 1. The van der Waals surface area contributed by atoms with Crippen LogP contribution in [0.15, 0.2) is 24.3 Å². The summed E-state index contributed by atoms with van der Waals surface area (Å²) in [6.45, 7) is 12.6. The van der Waals surface area contributed by atoms with Crippen molar-refractivity contribution in [3.63, 3.8) is 0 Å². The lowest BCUT2D eigenvalue weighted by molar-refractivity contribution is -0.133. The van der Waals surface area contributed by atoms with Gasteiger partial charge < -0.3 is 15.4 Å². The lowest BCUT2D eigenvalue weighted by atomic mass is 9.97. The van der Waals surface area contributed by atoms with Crippen molar-refractivity contribution >= 4 is 5.69 Å². The molecule has 1 aromatic carbocycles. The summed E-state index contributed by atoms with van der Waals surface area (Å²) in [6.07, 6.45) is 0.969. The van der Waals surface area contributed by atoms with Crippen LogP contribution in [-0.2, 0) is 4.74 Å². The molecule has 0 unspecified atom stereocenters. The fourth-order valence-electron chi connectivity index (χ4n) is 3.14. The van der Waals surface area contributed by atoms with Gasteiger partial charge in [0.05, 0.1) is 11.2 Å². The van der Waals surface area contributed by atoms with Gasteiger partial charge >= 0.3 is 0 Å². The molecule has 20 heavy (non-hydrogen) atoms. The van der Waals surface area contributed by atoms with Crippen molar-refractivity contribution in [1.82, 2.24) is 0 Å². The molecule has 1 atom stereocenters. The van der Waals surface area contributed by atoms with E-state index in [9.17, 15) is 0 Å². The summed E-state index contributed by atoms with van der Waals surface area (Å²) in [4.78, 5) is 2.41. The van der Waals surface area contributed by atoms with E-state index in [0.717, 1.165) is 19.5 Å². The van der Waals surface area contributed by atoms with E-state index in [0.29, 0.717) is 0 Å². The largest absolute Gasteiger partial charge is 0.366 e. The summed E-state index contributed by atoms with van der Waals surface area (Å²) in [5.41, 5.74) is 8.29. The van der Waals surface area contributed by atoms with Crippen LogP contribution in [0.3, 0.4) is 0 Å². The Labute approximate surface area is 123 Å². The summed E-state index contributed by atoms with van der Waals surface area (Å²) < 4.78 is 6.13. The van der Waals surface area contributed by atoms with Crippen LogP contribution in [0, 0.1) is 0 Å². The molecule has 1 fully saturated rings. The van der Waals surface area contributed by atoms with Crippen LogP contribution in [0.1, 0.15) is 52.6 Å². The van der Waals surface area contributed by atoms with Gasteiger partial charge in [0.25, 0.3) is 0 Å². The molecule has 0 bridgehead atoms. The van der Waals surface area contributed by atoms with Crippen molar-refractivity contribution in [2.24, 2.45) is 5.73 Å². The van der Waals surface area contributed by atoms with E-state index < -0.39 is 0 Å². The number of hydrogen-bond donors (Lipinski definition) is 1. The van der Waals surface area contributed by atoms with E-state index in [4.69, 9.17) is 10.5 Å². The highest BCUT2D eigenvalue weighted by atomic mass is 16.5. The minimum absolute atomic E-state index is 0.125. The minimum atomic E-state index is -0.125. The first-order chi connectivity index (χ1) is 9.22. The van der Waals surface area contributed by atoms with Gasteiger partial charge in [-0.25, -0.2) is 0 Å². The fraction of sp³-hybridized carbons (Fsp3) is 0.647. The van der Waals surface area contributed by atoms with Crippen molar-refractivity contribution in [1.29, 1.82) is 0 Å². The molecule has 0 aromatic heterocycles. The molecule has 0 saturated carbocycles. The summed E-state index contributed by atoms with van der Waals surface area (Å²) in [5.74, 6) is 0. The molecule has 1 aromatic rings. The first-order valence-corrected chi connectivity index (χ1v) is 7.53. The van der Waals surface area contributed by atoms with Crippen molar-refractivity contribution in [2.75, 3.05) is 18.0 Å². The smallest absolute Gasteiger partial charge is 0.0808 e. The highest BCUT2D eigenvalue weighted by Gasteiger charge is 2.38. The maximum absolute atomic E-state index is 6.13. The maximum atomic E-state index is 6.13. The third-order valence-electron chi connectivity index (χ3n) is 3.82. The maximum Gasteiger partial charge on any atom is 0.0808 e. The molecule has 2 N–H and O–H groups in total. The number of morpholine rings is 1. The lowest BCUT2D eigenvalue weighted by Gasteiger charge is -2.48. The Bertz CT molecular complexity index is 435. The number of hydrogen-bond acceptors (Lipinski definition) is 3. The number of rotatable bonds is 3.